The second kappa shape index (κ2) is 3.52. The summed E-state index contributed by atoms with van der Waals surface area (Å²) in [5, 5.41) is 3.96. The Morgan fingerprint density at radius 2 is 2.00 bits per heavy atom. The van der Waals surface area contributed by atoms with Crippen molar-refractivity contribution in [1.82, 2.24) is 9.78 Å². The lowest BCUT2D eigenvalue weighted by atomic mass is 9.95. The normalized spacial score (nSPS) is 16.8. The minimum Gasteiger partial charge on any atom is -0.272 e. The molecule has 0 amide bonds. The summed E-state index contributed by atoms with van der Waals surface area (Å²) in [6, 6.07) is 7.88. The van der Waals surface area contributed by atoms with Crippen molar-refractivity contribution in [3.63, 3.8) is 0 Å². The van der Waals surface area contributed by atoms with Gasteiger partial charge in [0.2, 0.25) is 0 Å². The molecule has 1 aliphatic carbocycles. The lowest BCUT2D eigenvalue weighted by molar-refractivity contribution is 0.0846. The van der Waals surface area contributed by atoms with Gasteiger partial charge in [-0.3, -0.25) is 4.79 Å². The smallest absolute Gasteiger partial charge is 0.257 e. The minimum atomic E-state index is -0.486. The molecular formula is C13H11FN2O. The highest BCUT2D eigenvalue weighted by molar-refractivity contribution is 5.92. The highest BCUT2D eigenvalue weighted by Crippen LogP contribution is 2.49. The Morgan fingerprint density at radius 3 is 2.53 bits per heavy atom. The SMILES string of the molecule is O=C(n1cccn1)C1(c2ccc(F)cc2)CC1. The number of aromatic nitrogens is 2. The van der Waals surface area contributed by atoms with E-state index in [0.29, 0.717) is 0 Å². The fourth-order valence-corrected chi connectivity index (χ4v) is 2.13. The van der Waals surface area contributed by atoms with Crippen LogP contribution in [0.25, 0.3) is 0 Å². The fourth-order valence-electron chi connectivity index (χ4n) is 2.13. The Bertz CT molecular complexity index is 541. The highest BCUT2D eigenvalue weighted by atomic mass is 19.1. The van der Waals surface area contributed by atoms with Crippen molar-refractivity contribution in [2.75, 3.05) is 0 Å². The summed E-state index contributed by atoms with van der Waals surface area (Å²) in [7, 11) is 0. The molecule has 0 N–H and O–H groups in total. The molecule has 1 heterocycles. The maximum absolute atomic E-state index is 12.9. The summed E-state index contributed by atoms with van der Waals surface area (Å²) in [5.41, 5.74) is 0.388. The van der Waals surface area contributed by atoms with Gasteiger partial charge >= 0.3 is 0 Å². The monoisotopic (exact) mass is 230 g/mol. The lowest BCUT2D eigenvalue weighted by Gasteiger charge is -2.13. The number of halogens is 1. The summed E-state index contributed by atoms with van der Waals surface area (Å²) in [6.45, 7) is 0. The Kier molecular flexibility index (Phi) is 2.11. The first-order chi connectivity index (χ1) is 8.22. The molecule has 0 aliphatic heterocycles. The zero-order valence-corrected chi connectivity index (χ0v) is 9.14. The van der Waals surface area contributed by atoms with Crippen molar-refractivity contribution in [3.8, 4) is 0 Å². The molecule has 0 saturated heterocycles. The molecule has 17 heavy (non-hydrogen) atoms. The Balaban J connectivity index is 1.97. The van der Waals surface area contributed by atoms with Crippen LogP contribution < -0.4 is 0 Å². The van der Waals surface area contributed by atoms with Crippen LogP contribution in [0.4, 0.5) is 4.39 Å². The molecule has 0 bridgehead atoms. The average Bonchev–Trinajstić information content (AvgIpc) is 2.97. The van der Waals surface area contributed by atoms with E-state index in [1.807, 2.05) is 0 Å². The number of nitrogens with zero attached hydrogens (tertiary/aromatic N) is 2. The molecule has 3 rings (SSSR count). The van der Waals surface area contributed by atoms with E-state index in [0.717, 1.165) is 18.4 Å². The average molecular weight is 230 g/mol. The van der Waals surface area contributed by atoms with Gasteiger partial charge in [0.15, 0.2) is 0 Å². The van der Waals surface area contributed by atoms with E-state index >= 15 is 0 Å². The summed E-state index contributed by atoms with van der Waals surface area (Å²) in [5.74, 6) is -0.315. The zero-order valence-electron chi connectivity index (χ0n) is 9.14. The van der Waals surface area contributed by atoms with Gasteiger partial charge in [0, 0.05) is 12.4 Å². The maximum Gasteiger partial charge on any atom is 0.257 e. The van der Waals surface area contributed by atoms with Gasteiger partial charge in [-0.05, 0) is 36.6 Å². The predicted molar refractivity (Wildman–Crippen MR) is 60.2 cm³/mol. The van der Waals surface area contributed by atoms with Crippen LogP contribution >= 0.6 is 0 Å². The fraction of sp³-hybridized carbons (Fsp3) is 0.231. The quantitative estimate of drug-likeness (QED) is 0.794. The molecule has 1 fully saturated rings. The number of hydrogen-bond donors (Lipinski definition) is 0. The van der Waals surface area contributed by atoms with E-state index in [2.05, 4.69) is 5.10 Å². The molecule has 0 radical (unpaired) electrons. The van der Waals surface area contributed by atoms with E-state index in [9.17, 15) is 9.18 Å². The van der Waals surface area contributed by atoms with Crippen LogP contribution in [0.3, 0.4) is 0 Å². The third-order valence-corrected chi connectivity index (χ3v) is 3.27. The molecule has 3 nitrogen and oxygen atoms in total. The standard InChI is InChI=1S/C13H11FN2O/c14-11-4-2-10(3-5-11)13(6-7-13)12(17)16-9-1-8-15-16/h1-5,8-9H,6-7H2. The molecule has 0 atom stereocenters. The third-order valence-electron chi connectivity index (χ3n) is 3.27. The van der Waals surface area contributed by atoms with Crippen molar-refractivity contribution in [2.45, 2.75) is 18.3 Å². The van der Waals surface area contributed by atoms with Gasteiger partial charge in [0.1, 0.15) is 5.82 Å². The predicted octanol–water partition coefficient (Wildman–Crippen LogP) is 2.39. The lowest BCUT2D eigenvalue weighted by Crippen LogP contribution is -2.27. The number of carbonyl (C=O) groups is 1. The van der Waals surface area contributed by atoms with Crippen molar-refractivity contribution in [3.05, 3.63) is 54.1 Å². The Morgan fingerprint density at radius 1 is 1.29 bits per heavy atom. The summed E-state index contributed by atoms with van der Waals surface area (Å²) < 4.78 is 14.2. The van der Waals surface area contributed by atoms with Gasteiger partial charge in [-0.2, -0.15) is 5.10 Å². The van der Waals surface area contributed by atoms with Crippen LogP contribution in [0.15, 0.2) is 42.7 Å². The van der Waals surface area contributed by atoms with Crippen molar-refractivity contribution >= 4 is 5.91 Å². The Hall–Kier alpha value is -1.97. The minimum absolute atomic E-state index is 0.0332. The highest BCUT2D eigenvalue weighted by Gasteiger charge is 2.52. The topological polar surface area (TPSA) is 34.9 Å². The molecule has 1 aromatic heterocycles. The molecular weight excluding hydrogens is 219 g/mol. The van der Waals surface area contributed by atoms with Gasteiger partial charge in [-0.15, -0.1) is 0 Å². The Labute approximate surface area is 97.9 Å². The van der Waals surface area contributed by atoms with E-state index in [1.165, 1.54) is 16.8 Å². The molecule has 0 unspecified atom stereocenters. The van der Waals surface area contributed by atoms with Gasteiger partial charge in [-0.1, -0.05) is 12.1 Å². The molecule has 1 aliphatic rings. The third kappa shape index (κ3) is 1.56. The van der Waals surface area contributed by atoms with Crippen LogP contribution in [-0.2, 0) is 5.41 Å². The van der Waals surface area contributed by atoms with Crippen LogP contribution in [0.2, 0.25) is 0 Å². The second-order valence-electron chi connectivity index (χ2n) is 4.34. The number of carbonyl (C=O) groups excluding carboxylic acids is 1. The van der Waals surface area contributed by atoms with E-state index < -0.39 is 5.41 Å². The largest absolute Gasteiger partial charge is 0.272 e. The van der Waals surface area contributed by atoms with Gasteiger partial charge in [0.25, 0.3) is 5.91 Å². The summed E-state index contributed by atoms with van der Waals surface area (Å²) >= 11 is 0. The van der Waals surface area contributed by atoms with Crippen LogP contribution in [0, 0.1) is 5.82 Å². The first-order valence-electron chi connectivity index (χ1n) is 5.53. The van der Waals surface area contributed by atoms with Crippen LogP contribution in [0.1, 0.15) is 23.2 Å². The second-order valence-corrected chi connectivity index (χ2v) is 4.34. The maximum atomic E-state index is 12.9. The summed E-state index contributed by atoms with van der Waals surface area (Å²) in [6.07, 6.45) is 4.83. The van der Waals surface area contributed by atoms with E-state index in [1.54, 1.807) is 30.6 Å². The van der Waals surface area contributed by atoms with Crippen molar-refractivity contribution in [2.24, 2.45) is 0 Å². The molecule has 1 aromatic carbocycles. The number of benzene rings is 1. The van der Waals surface area contributed by atoms with Gasteiger partial charge < -0.3 is 0 Å². The molecule has 1 saturated carbocycles. The molecule has 0 spiro atoms. The van der Waals surface area contributed by atoms with E-state index in [-0.39, 0.29) is 11.7 Å². The molecule has 4 heteroatoms. The molecule has 86 valence electrons. The zero-order chi connectivity index (χ0) is 11.9. The summed E-state index contributed by atoms with van der Waals surface area (Å²) in [4.78, 5) is 12.3. The van der Waals surface area contributed by atoms with Crippen molar-refractivity contribution < 1.29 is 9.18 Å². The van der Waals surface area contributed by atoms with Gasteiger partial charge in [-0.25, -0.2) is 9.07 Å². The van der Waals surface area contributed by atoms with Crippen LogP contribution in [0.5, 0.6) is 0 Å². The van der Waals surface area contributed by atoms with E-state index in [4.69, 9.17) is 0 Å². The number of rotatable bonds is 2. The van der Waals surface area contributed by atoms with Crippen LogP contribution in [-0.4, -0.2) is 15.7 Å². The number of hydrogen-bond acceptors (Lipinski definition) is 2. The first-order valence-corrected chi connectivity index (χ1v) is 5.53. The van der Waals surface area contributed by atoms with Gasteiger partial charge in [0.05, 0.1) is 5.41 Å². The molecule has 2 aromatic rings. The van der Waals surface area contributed by atoms with Crippen molar-refractivity contribution in [1.29, 1.82) is 0 Å². The first kappa shape index (κ1) is 10.2.